The number of nitriles is 1. The van der Waals surface area contributed by atoms with Gasteiger partial charge in [-0.2, -0.15) is 5.26 Å². The monoisotopic (exact) mass is 298 g/mol. The van der Waals surface area contributed by atoms with Crippen LogP contribution in [0.5, 0.6) is 5.75 Å². The predicted molar refractivity (Wildman–Crippen MR) is 84.7 cm³/mol. The zero-order valence-electron chi connectivity index (χ0n) is 12.8. The van der Waals surface area contributed by atoms with E-state index < -0.39 is 0 Å². The Morgan fingerprint density at radius 1 is 1.27 bits per heavy atom. The standard InChI is InChI=1S/C18H22N2O2/c19-13-14-5-6-16-17-12-15(7-8-20-17)21-9-3-1-2-4-10-22-18(16)11-14/h1,3,5-6,11,15,17,20H,2,4,7-10,12H2/b3-1-/t15-,17-/m0/s1. The van der Waals surface area contributed by atoms with Crippen LogP contribution in [0.25, 0.3) is 0 Å². The van der Waals surface area contributed by atoms with Gasteiger partial charge in [-0.05, 0) is 44.4 Å². The average molecular weight is 298 g/mol. The molecule has 4 heteroatoms. The third-order valence-corrected chi connectivity index (χ3v) is 4.24. The smallest absolute Gasteiger partial charge is 0.125 e. The zero-order valence-corrected chi connectivity index (χ0v) is 12.8. The van der Waals surface area contributed by atoms with E-state index in [1.807, 2.05) is 18.2 Å². The Balaban J connectivity index is 1.87. The van der Waals surface area contributed by atoms with Crippen molar-refractivity contribution in [1.29, 1.82) is 5.26 Å². The molecule has 0 saturated carbocycles. The van der Waals surface area contributed by atoms with E-state index in [9.17, 15) is 0 Å². The van der Waals surface area contributed by atoms with Gasteiger partial charge in [0.2, 0.25) is 0 Å². The molecule has 2 aliphatic heterocycles. The van der Waals surface area contributed by atoms with Crippen LogP contribution in [-0.4, -0.2) is 25.9 Å². The first kappa shape index (κ1) is 15.1. The van der Waals surface area contributed by atoms with Gasteiger partial charge in [0.25, 0.3) is 0 Å². The van der Waals surface area contributed by atoms with Crippen LogP contribution in [0.15, 0.2) is 30.4 Å². The number of nitrogens with zero attached hydrogens (tertiary/aromatic N) is 1. The lowest BCUT2D eigenvalue weighted by atomic mass is 9.94. The van der Waals surface area contributed by atoms with Gasteiger partial charge >= 0.3 is 0 Å². The molecule has 22 heavy (non-hydrogen) atoms. The molecule has 2 aliphatic rings. The number of benzene rings is 1. The van der Waals surface area contributed by atoms with Crippen LogP contribution in [0.2, 0.25) is 0 Å². The Morgan fingerprint density at radius 2 is 2.23 bits per heavy atom. The number of hydrogen-bond acceptors (Lipinski definition) is 4. The van der Waals surface area contributed by atoms with Crippen LogP contribution in [-0.2, 0) is 4.74 Å². The van der Waals surface area contributed by atoms with Gasteiger partial charge in [0, 0.05) is 11.6 Å². The van der Waals surface area contributed by atoms with Gasteiger partial charge in [-0.15, -0.1) is 0 Å². The van der Waals surface area contributed by atoms with Crippen molar-refractivity contribution in [3.8, 4) is 11.8 Å². The summed E-state index contributed by atoms with van der Waals surface area (Å²) in [5.74, 6) is 0.834. The van der Waals surface area contributed by atoms with Gasteiger partial charge in [-0.3, -0.25) is 0 Å². The number of hydrogen-bond donors (Lipinski definition) is 1. The highest BCUT2D eigenvalue weighted by molar-refractivity contribution is 5.44. The topological polar surface area (TPSA) is 54.3 Å². The summed E-state index contributed by atoms with van der Waals surface area (Å²) in [6.45, 7) is 2.31. The number of rotatable bonds is 0. The first-order valence-corrected chi connectivity index (χ1v) is 8.03. The normalized spacial score (nSPS) is 27.0. The highest BCUT2D eigenvalue weighted by Crippen LogP contribution is 2.32. The van der Waals surface area contributed by atoms with Crippen molar-refractivity contribution in [3.05, 3.63) is 41.5 Å². The Hall–Kier alpha value is -1.83. The minimum Gasteiger partial charge on any atom is -0.493 e. The molecule has 2 bridgehead atoms. The van der Waals surface area contributed by atoms with Crippen molar-refractivity contribution < 1.29 is 9.47 Å². The third-order valence-electron chi connectivity index (χ3n) is 4.24. The van der Waals surface area contributed by atoms with E-state index in [-0.39, 0.29) is 12.1 Å². The molecule has 2 atom stereocenters. The Morgan fingerprint density at radius 3 is 3.14 bits per heavy atom. The SMILES string of the molecule is N#Cc1ccc2c(c1)OCCC/C=C\CO[C@H]1CCN[C@H]2C1. The molecule has 1 aromatic carbocycles. The van der Waals surface area contributed by atoms with Gasteiger partial charge < -0.3 is 14.8 Å². The number of fused-ring (bicyclic) bond motifs is 4. The van der Waals surface area contributed by atoms with Crippen LogP contribution < -0.4 is 10.1 Å². The molecule has 4 nitrogen and oxygen atoms in total. The first-order chi connectivity index (χ1) is 10.9. The lowest BCUT2D eigenvalue weighted by molar-refractivity contribution is 0.0386. The molecule has 2 heterocycles. The average Bonchev–Trinajstić information content (AvgIpc) is 2.57. The maximum Gasteiger partial charge on any atom is 0.125 e. The van der Waals surface area contributed by atoms with Crippen molar-refractivity contribution in [3.63, 3.8) is 0 Å². The maximum absolute atomic E-state index is 9.11. The first-order valence-electron chi connectivity index (χ1n) is 8.03. The van der Waals surface area contributed by atoms with E-state index >= 15 is 0 Å². The highest BCUT2D eigenvalue weighted by atomic mass is 16.5. The lowest BCUT2D eigenvalue weighted by Crippen LogP contribution is -2.36. The number of allylic oxidation sites excluding steroid dienone is 1. The minimum atomic E-state index is 0.228. The summed E-state index contributed by atoms with van der Waals surface area (Å²) in [7, 11) is 0. The van der Waals surface area contributed by atoms with Gasteiger partial charge in [0.05, 0.1) is 31.0 Å². The van der Waals surface area contributed by atoms with E-state index in [0.29, 0.717) is 18.8 Å². The molecule has 0 unspecified atom stereocenters. The Labute approximate surface area is 131 Å². The fraction of sp³-hybridized carbons (Fsp3) is 0.500. The van der Waals surface area contributed by atoms with E-state index in [1.165, 1.54) is 0 Å². The molecule has 1 N–H and O–H groups in total. The van der Waals surface area contributed by atoms with Gasteiger partial charge in [-0.1, -0.05) is 18.2 Å². The largest absolute Gasteiger partial charge is 0.493 e. The van der Waals surface area contributed by atoms with Crippen LogP contribution in [0, 0.1) is 11.3 Å². The van der Waals surface area contributed by atoms with Gasteiger partial charge in [0.1, 0.15) is 5.75 Å². The van der Waals surface area contributed by atoms with Crippen LogP contribution in [0.1, 0.15) is 42.9 Å². The molecule has 1 fully saturated rings. The van der Waals surface area contributed by atoms with Crippen LogP contribution in [0.3, 0.4) is 0 Å². The maximum atomic E-state index is 9.11. The second kappa shape index (κ2) is 7.44. The van der Waals surface area contributed by atoms with Crippen molar-refractivity contribution in [2.75, 3.05) is 19.8 Å². The second-order valence-electron chi connectivity index (χ2n) is 5.81. The summed E-state index contributed by atoms with van der Waals surface area (Å²) in [6, 6.07) is 8.17. The summed E-state index contributed by atoms with van der Waals surface area (Å²) in [5, 5.41) is 12.7. The molecular weight excluding hydrogens is 276 g/mol. The molecule has 0 aromatic heterocycles. The third kappa shape index (κ3) is 3.68. The van der Waals surface area contributed by atoms with Gasteiger partial charge in [0.15, 0.2) is 0 Å². The van der Waals surface area contributed by atoms with Gasteiger partial charge in [-0.25, -0.2) is 0 Å². The molecule has 0 spiro atoms. The fourth-order valence-electron chi connectivity index (χ4n) is 3.05. The molecule has 116 valence electrons. The second-order valence-corrected chi connectivity index (χ2v) is 5.81. The predicted octanol–water partition coefficient (Wildman–Crippen LogP) is 3.10. The molecule has 1 saturated heterocycles. The summed E-state index contributed by atoms with van der Waals surface area (Å²) in [5.41, 5.74) is 1.78. The quantitative estimate of drug-likeness (QED) is 0.748. The summed E-state index contributed by atoms with van der Waals surface area (Å²) >= 11 is 0. The van der Waals surface area contributed by atoms with E-state index in [4.69, 9.17) is 14.7 Å². The van der Waals surface area contributed by atoms with Crippen molar-refractivity contribution in [2.24, 2.45) is 0 Å². The molecule has 0 aliphatic carbocycles. The van der Waals surface area contributed by atoms with E-state index in [0.717, 1.165) is 43.5 Å². The van der Waals surface area contributed by atoms with Crippen LogP contribution >= 0.6 is 0 Å². The minimum absolute atomic E-state index is 0.228. The zero-order chi connectivity index (χ0) is 15.2. The fourth-order valence-corrected chi connectivity index (χ4v) is 3.05. The molecular formula is C18H22N2O2. The van der Waals surface area contributed by atoms with Crippen LogP contribution in [0.4, 0.5) is 0 Å². The molecule has 1 aromatic rings. The highest BCUT2D eigenvalue weighted by Gasteiger charge is 2.25. The summed E-state index contributed by atoms with van der Waals surface area (Å²) < 4.78 is 11.9. The van der Waals surface area contributed by atoms with Crippen molar-refractivity contribution >= 4 is 0 Å². The molecule has 0 radical (unpaired) electrons. The van der Waals surface area contributed by atoms with Crippen molar-refractivity contribution in [2.45, 2.75) is 37.8 Å². The Bertz CT molecular complexity index is 577. The molecule has 0 amide bonds. The van der Waals surface area contributed by atoms with E-state index in [2.05, 4.69) is 23.5 Å². The number of piperidine rings is 1. The summed E-state index contributed by atoms with van der Waals surface area (Å²) in [4.78, 5) is 0. The number of nitrogens with one attached hydrogen (secondary N) is 1. The Kier molecular flexibility index (Phi) is 5.10. The summed E-state index contributed by atoms with van der Waals surface area (Å²) in [6.07, 6.45) is 8.48. The lowest BCUT2D eigenvalue weighted by Gasteiger charge is -2.31. The molecule has 3 rings (SSSR count). The van der Waals surface area contributed by atoms with E-state index in [1.54, 1.807) is 0 Å². The van der Waals surface area contributed by atoms with Crippen molar-refractivity contribution in [1.82, 2.24) is 5.32 Å². The number of ether oxygens (including phenoxy) is 2.